The van der Waals surface area contributed by atoms with Gasteiger partial charge in [0, 0.05) is 17.5 Å². The van der Waals surface area contributed by atoms with Gasteiger partial charge in [0.1, 0.15) is 23.2 Å². The normalized spacial score (nSPS) is 10.9. The van der Waals surface area contributed by atoms with Crippen molar-refractivity contribution in [1.82, 2.24) is 5.32 Å². The number of rotatable bonds is 6. The Hall–Kier alpha value is -4.64. The second-order valence-electron chi connectivity index (χ2n) is 8.16. The summed E-state index contributed by atoms with van der Waals surface area (Å²) in [7, 11) is 0. The van der Waals surface area contributed by atoms with Gasteiger partial charge in [0.15, 0.2) is 0 Å². The van der Waals surface area contributed by atoms with E-state index >= 15 is 0 Å². The van der Waals surface area contributed by atoms with E-state index in [1.54, 1.807) is 30.3 Å². The van der Waals surface area contributed by atoms with E-state index in [0.717, 1.165) is 22.3 Å². The molecule has 0 radical (unpaired) electrons. The third kappa shape index (κ3) is 6.68. The zero-order chi connectivity index (χ0) is 25.5. The summed E-state index contributed by atoms with van der Waals surface area (Å²) in [5.41, 5.74) is 5.17. The van der Waals surface area contributed by atoms with Crippen LogP contribution < -0.4 is 16.0 Å². The molecule has 0 aliphatic heterocycles. The minimum absolute atomic E-state index is 0.0380. The molecule has 8 heteroatoms. The van der Waals surface area contributed by atoms with Crippen molar-refractivity contribution in [3.8, 4) is 6.07 Å². The Morgan fingerprint density at radius 2 is 1.37 bits per heavy atom. The Labute approximate surface area is 203 Å². The molecule has 0 aliphatic carbocycles. The molecule has 3 rings (SSSR count). The third-order valence-corrected chi connectivity index (χ3v) is 5.49. The summed E-state index contributed by atoms with van der Waals surface area (Å²) >= 11 is 0. The number of nitrogens with one attached hydrogen (secondary N) is 3. The molecular weight excluding hydrogens is 444 g/mol. The number of carbonyl (C=O) groups excluding carboxylic acids is 3. The van der Waals surface area contributed by atoms with E-state index in [0.29, 0.717) is 17.1 Å². The maximum absolute atomic E-state index is 12.5. The maximum atomic E-state index is 12.5. The Kier molecular flexibility index (Phi) is 7.85. The summed E-state index contributed by atoms with van der Waals surface area (Å²) in [5.74, 6) is -1.56. The van der Waals surface area contributed by atoms with Gasteiger partial charge in [0.2, 0.25) is 0 Å². The zero-order valence-electron chi connectivity index (χ0n) is 20.0. The highest BCUT2D eigenvalue weighted by Crippen LogP contribution is 2.17. The number of amides is 3. The number of benzene rings is 2. The number of aryl methyl sites for hydroxylation is 4. The summed E-state index contributed by atoms with van der Waals surface area (Å²) in [5, 5.41) is 17.1. The maximum Gasteiger partial charge on any atom is 0.313 e. The lowest BCUT2D eigenvalue weighted by Gasteiger charge is -2.07. The Morgan fingerprint density at radius 3 is 1.91 bits per heavy atom. The van der Waals surface area contributed by atoms with Gasteiger partial charge in [0.05, 0.1) is 6.54 Å². The number of nitrogens with zero attached hydrogens (tertiary/aromatic N) is 1. The van der Waals surface area contributed by atoms with E-state index in [-0.39, 0.29) is 17.9 Å². The lowest BCUT2D eigenvalue weighted by molar-refractivity contribution is -0.136. The molecule has 35 heavy (non-hydrogen) atoms. The molecule has 3 aromatic rings. The van der Waals surface area contributed by atoms with Gasteiger partial charge in [0.25, 0.3) is 5.91 Å². The molecule has 8 nitrogen and oxygen atoms in total. The van der Waals surface area contributed by atoms with Crippen LogP contribution in [0.5, 0.6) is 0 Å². The molecule has 0 saturated carbocycles. The lowest BCUT2D eigenvalue weighted by atomic mass is 10.1. The lowest BCUT2D eigenvalue weighted by Crippen LogP contribution is -2.34. The fourth-order valence-corrected chi connectivity index (χ4v) is 3.13. The molecule has 0 bridgehead atoms. The summed E-state index contributed by atoms with van der Waals surface area (Å²) in [4.78, 5) is 36.8. The second kappa shape index (κ2) is 11.0. The molecule has 0 unspecified atom stereocenters. The van der Waals surface area contributed by atoms with Crippen LogP contribution in [0.15, 0.2) is 58.5 Å². The average Bonchev–Trinajstić information content (AvgIpc) is 3.28. The van der Waals surface area contributed by atoms with Crippen LogP contribution >= 0.6 is 0 Å². The largest absolute Gasteiger partial charge is 0.460 e. The SMILES string of the molecule is Cc1ccc(NC(=O)C(=O)NCc2ccc(/C=C(/C#N)C(=O)Nc3ccc(C)c(C)c3)o2)cc1C. The number of nitriles is 1. The van der Waals surface area contributed by atoms with Crippen molar-refractivity contribution in [3.63, 3.8) is 0 Å². The van der Waals surface area contributed by atoms with Gasteiger partial charge in [-0.05, 0) is 86.3 Å². The highest BCUT2D eigenvalue weighted by molar-refractivity contribution is 6.39. The van der Waals surface area contributed by atoms with Crippen LogP contribution in [0.25, 0.3) is 6.08 Å². The molecular formula is C27H26N4O4. The van der Waals surface area contributed by atoms with Crippen molar-refractivity contribution in [2.75, 3.05) is 10.6 Å². The van der Waals surface area contributed by atoms with Crippen molar-refractivity contribution >= 4 is 35.2 Å². The highest BCUT2D eigenvalue weighted by Gasteiger charge is 2.15. The molecule has 1 heterocycles. The molecule has 2 aromatic carbocycles. The summed E-state index contributed by atoms with van der Waals surface area (Å²) in [6, 6.07) is 15.9. The molecule has 0 atom stereocenters. The van der Waals surface area contributed by atoms with Crippen LogP contribution in [-0.2, 0) is 20.9 Å². The Balaban J connectivity index is 1.58. The zero-order valence-corrected chi connectivity index (χ0v) is 20.0. The van der Waals surface area contributed by atoms with E-state index in [2.05, 4.69) is 16.0 Å². The van der Waals surface area contributed by atoms with Gasteiger partial charge in [-0.3, -0.25) is 14.4 Å². The van der Waals surface area contributed by atoms with Gasteiger partial charge in [-0.25, -0.2) is 0 Å². The van der Waals surface area contributed by atoms with Crippen molar-refractivity contribution in [2.45, 2.75) is 34.2 Å². The van der Waals surface area contributed by atoms with Crippen LogP contribution in [-0.4, -0.2) is 17.7 Å². The molecule has 0 saturated heterocycles. The van der Waals surface area contributed by atoms with Gasteiger partial charge < -0.3 is 20.4 Å². The van der Waals surface area contributed by atoms with Crippen molar-refractivity contribution in [3.05, 3.63) is 87.9 Å². The van der Waals surface area contributed by atoms with Gasteiger partial charge >= 0.3 is 11.8 Å². The first-order valence-corrected chi connectivity index (χ1v) is 10.9. The summed E-state index contributed by atoms with van der Waals surface area (Å²) in [6.07, 6.45) is 1.31. The Morgan fingerprint density at radius 1 is 0.800 bits per heavy atom. The topological polar surface area (TPSA) is 124 Å². The van der Waals surface area contributed by atoms with Gasteiger partial charge in [-0.1, -0.05) is 12.1 Å². The number of anilines is 2. The number of carbonyl (C=O) groups is 3. The predicted octanol–water partition coefficient (Wildman–Crippen LogP) is 4.31. The van der Waals surface area contributed by atoms with Crippen LogP contribution in [0.2, 0.25) is 0 Å². The molecule has 0 fully saturated rings. The average molecular weight is 471 g/mol. The molecule has 178 valence electrons. The summed E-state index contributed by atoms with van der Waals surface area (Å²) in [6.45, 7) is 7.73. The van der Waals surface area contributed by atoms with Crippen LogP contribution in [0, 0.1) is 39.0 Å². The minimum Gasteiger partial charge on any atom is -0.460 e. The highest BCUT2D eigenvalue weighted by atomic mass is 16.3. The van der Waals surface area contributed by atoms with E-state index in [1.807, 2.05) is 52.0 Å². The fraction of sp³-hybridized carbons (Fsp3) is 0.185. The fourth-order valence-electron chi connectivity index (χ4n) is 3.13. The van der Waals surface area contributed by atoms with Gasteiger partial charge in [-0.15, -0.1) is 0 Å². The third-order valence-electron chi connectivity index (χ3n) is 5.49. The monoisotopic (exact) mass is 470 g/mol. The number of hydrogen-bond donors (Lipinski definition) is 3. The summed E-state index contributed by atoms with van der Waals surface area (Å²) < 4.78 is 5.57. The van der Waals surface area contributed by atoms with Crippen molar-refractivity contribution in [1.29, 1.82) is 5.26 Å². The van der Waals surface area contributed by atoms with E-state index in [1.165, 1.54) is 6.08 Å². The van der Waals surface area contributed by atoms with Crippen LogP contribution in [0.1, 0.15) is 33.8 Å². The molecule has 3 amide bonds. The Bertz CT molecular complexity index is 1360. The standard InChI is InChI=1S/C27H26N4O4/c1-16-5-7-21(11-18(16)3)30-25(32)20(14-28)13-23-9-10-24(35-23)15-29-26(33)27(34)31-22-8-6-17(2)19(4)12-22/h5-13H,15H2,1-4H3,(H,29,33)(H,30,32)(H,31,34)/b20-13-. The first kappa shape index (κ1) is 25.0. The van der Waals surface area contributed by atoms with Crippen LogP contribution in [0.3, 0.4) is 0 Å². The quantitative estimate of drug-likeness (QED) is 0.281. The smallest absolute Gasteiger partial charge is 0.313 e. The van der Waals surface area contributed by atoms with E-state index in [9.17, 15) is 19.6 Å². The first-order valence-electron chi connectivity index (χ1n) is 10.9. The molecule has 0 aliphatic rings. The second-order valence-corrected chi connectivity index (χ2v) is 8.16. The molecule has 3 N–H and O–H groups in total. The van der Waals surface area contributed by atoms with E-state index < -0.39 is 17.7 Å². The van der Waals surface area contributed by atoms with Crippen molar-refractivity contribution < 1.29 is 18.8 Å². The van der Waals surface area contributed by atoms with Crippen LogP contribution in [0.4, 0.5) is 11.4 Å². The number of hydrogen-bond acceptors (Lipinski definition) is 5. The predicted molar refractivity (Wildman–Crippen MR) is 133 cm³/mol. The van der Waals surface area contributed by atoms with E-state index in [4.69, 9.17) is 4.42 Å². The molecule has 0 spiro atoms. The number of furan rings is 1. The minimum atomic E-state index is -0.817. The van der Waals surface area contributed by atoms with Gasteiger partial charge in [-0.2, -0.15) is 5.26 Å². The molecule has 1 aromatic heterocycles. The first-order chi connectivity index (χ1) is 16.7. The van der Waals surface area contributed by atoms with Crippen molar-refractivity contribution in [2.24, 2.45) is 0 Å².